The van der Waals surface area contributed by atoms with Crippen molar-refractivity contribution < 1.29 is 28.6 Å². The molecule has 0 unspecified atom stereocenters. The Hall–Kier alpha value is -5.96. The van der Waals surface area contributed by atoms with Gasteiger partial charge in [-0.2, -0.15) is 5.26 Å². The number of pyridine rings is 4. The number of ether oxygens (including phenoxy) is 3. The van der Waals surface area contributed by atoms with Crippen LogP contribution < -0.4 is 0 Å². The van der Waals surface area contributed by atoms with Gasteiger partial charge in [-0.25, -0.2) is 14.4 Å². The van der Waals surface area contributed by atoms with Crippen LogP contribution in [0.5, 0.6) is 0 Å². The van der Waals surface area contributed by atoms with Crippen LogP contribution in [0.25, 0.3) is 21.8 Å². The maximum Gasteiger partial charge on any atom is 0.340 e. The molecular formula is C38H31Cl2N5O6. The lowest BCUT2D eigenvalue weighted by Crippen LogP contribution is -2.06. The van der Waals surface area contributed by atoms with Gasteiger partial charge in [0.25, 0.3) is 0 Å². The van der Waals surface area contributed by atoms with Gasteiger partial charge >= 0.3 is 17.9 Å². The van der Waals surface area contributed by atoms with E-state index in [1.165, 1.54) is 33.7 Å². The Bertz CT molecular complexity index is 2310. The van der Waals surface area contributed by atoms with Gasteiger partial charge in [0, 0.05) is 59.8 Å². The van der Waals surface area contributed by atoms with Gasteiger partial charge in [-0.3, -0.25) is 19.9 Å². The van der Waals surface area contributed by atoms with E-state index in [0.717, 1.165) is 21.9 Å². The molecule has 0 fully saturated rings. The second-order valence-corrected chi connectivity index (χ2v) is 11.6. The molecule has 0 bridgehead atoms. The van der Waals surface area contributed by atoms with E-state index in [0.29, 0.717) is 67.6 Å². The maximum atomic E-state index is 12.1. The summed E-state index contributed by atoms with van der Waals surface area (Å²) in [7, 11) is 3.98. The monoisotopic (exact) mass is 723 g/mol. The number of fused-ring (bicyclic) bond motifs is 2. The van der Waals surface area contributed by atoms with Crippen LogP contribution in [0.15, 0.2) is 85.5 Å². The average Bonchev–Trinajstić information content (AvgIpc) is 3.13. The largest absolute Gasteiger partial charge is 0.465 e. The van der Waals surface area contributed by atoms with E-state index in [9.17, 15) is 19.6 Å². The van der Waals surface area contributed by atoms with E-state index < -0.39 is 17.9 Å². The molecular weight excluding hydrogens is 693 g/mol. The quantitative estimate of drug-likeness (QED) is 0.118. The number of carbonyl (C=O) groups excluding carboxylic acids is 3. The van der Waals surface area contributed by atoms with Crippen LogP contribution in [0.1, 0.15) is 66.6 Å². The Kier molecular flexibility index (Phi) is 12.7. The van der Waals surface area contributed by atoms with Crippen LogP contribution in [-0.2, 0) is 27.1 Å². The third-order valence-corrected chi connectivity index (χ3v) is 7.80. The third kappa shape index (κ3) is 9.19. The number of hydrogen-bond donors (Lipinski definition) is 0. The topological polar surface area (TPSA) is 154 Å². The number of rotatable bonds is 7. The van der Waals surface area contributed by atoms with E-state index in [4.69, 9.17) is 37.4 Å². The lowest BCUT2D eigenvalue weighted by Gasteiger charge is -2.09. The molecule has 258 valence electrons. The highest BCUT2D eigenvalue weighted by Crippen LogP contribution is 2.25. The predicted octanol–water partition coefficient (Wildman–Crippen LogP) is 7.62. The first-order chi connectivity index (χ1) is 24.1. The number of methoxy groups -OCH3 is 3. The van der Waals surface area contributed by atoms with Crippen molar-refractivity contribution in [3.63, 3.8) is 0 Å². The first-order valence-corrected chi connectivity index (χ1v) is 15.6. The van der Waals surface area contributed by atoms with Crippen molar-refractivity contribution in [3.05, 3.63) is 140 Å². The number of nitrogens with zero attached hydrogens (tertiary/aromatic N) is 5. The molecule has 2 aromatic carbocycles. The van der Waals surface area contributed by atoms with E-state index >= 15 is 0 Å². The van der Waals surface area contributed by atoms with E-state index in [-0.39, 0.29) is 7.43 Å². The molecule has 4 aromatic heterocycles. The van der Waals surface area contributed by atoms with Crippen LogP contribution in [-0.4, -0.2) is 59.2 Å². The Balaban J connectivity index is 0.000000225. The van der Waals surface area contributed by atoms with Crippen molar-refractivity contribution in [2.75, 3.05) is 21.3 Å². The van der Waals surface area contributed by atoms with Crippen molar-refractivity contribution >= 4 is 62.9 Å². The summed E-state index contributed by atoms with van der Waals surface area (Å²) >= 11 is 12.0. The summed E-state index contributed by atoms with van der Waals surface area (Å²) in [5.41, 5.74) is 5.88. The Morgan fingerprint density at radius 2 is 1.12 bits per heavy atom. The zero-order valence-corrected chi connectivity index (χ0v) is 28.5. The van der Waals surface area contributed by atoms with E-state index in [1.807, 2.05) is 12.1 Å². The number of carbonyl (C=O) groups is 3. The molecule has 0 N–H and O–H groups in total. The van der Waals surface area contributed by atoms with Crippen LogP contribution in [0.2, 0.25) is 10.0 Å². The minimum Gasteiger partial charge on any atom is -0.465 e. The van der Waals surface area contributed by atoms with Crippen molar-refractivity contribution in [1.29, 1.82) is 5.26 Å². The van der Waals surface area contributed by atoms with Crippen LogP contribution >= 0.6 is 23.2 Å². The van der Waals surface area contributed by atoms with Crippen molar-refractivity contribution in [2.24, 2.45) is 0 Å². The SMILES string of the molecule is C.COC(=O)c1ccnc(Cc2cc(C#N)c3ncc(Cl)cc3c2)c1.COC(=O)c1ccnc(Cc2cc(C(=O)OC)c3ncc(Cl)cc3c2)c1. The Labute approximate surface area is 303 Å². The highest BCUT2D eigenvalue weighted by molar-refractivity contribution is 6.31. The first-order valence-electron chi connectivity index (χ1n) is 14.8. The number of benzene rings is 2. The number of aromatic nitrogens is 4. The summed E-state index contributed by atoms with van der Waals surface area (Å²) in [6.07, 6.45) is 7.00. The first kappa shape index (κ1) is 37.9. The molecule has 0 saturated carbocycles. The van der Waals surface area contributed by atoms with Gasteiger partial charge in [-0.15, -0.1) is 0 Å². The molecule has 0 atom stereocenters. The average molecular weight is 725 g/mol. The normalized spacial score (nSPS) is 10.3. The molecule has 51 heavy (non-hydrogen) atoms. The summed E-state index contributed by atoms with van der Waals surface area (Å²) in [6, 6.07) is 19.5. The minimum atomic E-state index is -0.483. The lowest BCUT2D eigenvalue weighted by atomic mass is 10.0. The molecule has 0 aliphatic rings. The third-order valence-electron chi connectivity index (χ3n) is 7.39. The van der Waals surface area contributed by atoms with Crippen molar-refractivity contribution in [2.45, 2.75) is 20.3 Å². The van der Waals surface area contributed by atoms with Gasteiger partial charge in [-0.05, 0) is 71.8 Å². The minimum absolute atomic E-state index is 0. The molecule has 11 nitrogen and oxygen atoms in total. The molecule has 0 aliphatic heterocycles. The summed E-state index contributed by atoms with van der Waals surface area (Å²) < 4.78 is 14.3. The van der Waals surface area contributed by atoms with E-state index in [1.54, 1.807) is 60.9 Å². The van der Waals surface area contributed by atoms with E-state index in [2.05, 4.69) is 26.0 Å². The number of nitriles is 1. The molecule has 0 amide bonds. The second-order valence-electron chi connectivity index (χ2n) is 10.7. The van der Waals surface area contributed by atoms with Gasteiger partial charge in [0.2, 0.25) is 0 Å². The standard InChI is InChI=1S/C19H15ClN2O4.C18H12ClN3O2.CH4/c1-25-18(23)12-3-4-21-15(9-12)6-11-5-13-8-14(20)10-22-17(13)16(7-11)19(24)26-2;1-24-18(23)12-2-3-21-16(8-12)6-11-4-13-7-15(19)10-22-17(13)14(5-11)9-20;/h3-5,7-10H,6H2,1-2H3;2-5,7-8,10H,6H2,1H3;1H4. The van der Waals surface area contributed by atoms with Crippen LogP contribution in [0.4, 0.5) is 0 Å². The molecule has 0 radical (unpaired) electrons. The van der Waals surface area contributed by atoms with Crippen LogP contribution in [0.3, 0.4) is 0 Å². The summed E-state index contributed by atoms with van der Waals surface area (Å²) in [5.74, 6) is -1.33. The fraction of sp³-hybridized carbons (Fsp3) is 0.158. The highest BCUT2D eigenvalue weighted by atomic mass is 35.5. The molecule has 13 heteroatoms. The fourth-order valence-electron chi connectivity index (χ4n) is 5.18. The number of esters is 3. The highest BCUT2D eigenvalue weighted by Gasteiger charge is 2.16. The molecule has 0 saturated heterocycles. The maximum absolute atomic E-state index is 12.1. The fourth-order valence-corrected chi connectivity index (χ4v) is 5.52. The zero-order valence-electron chi connectivity index (χ0n) is 26.9. The van der Waals surface area contributed by atoms with Gasteiger partial charge in [-0.1, -0.05) is 30.6 Å². The zero-order chi connectivity index (χ0) is 35.8. The molecule has 0 aliphatic carbocycles. The molecule has 0 spiro atoms. The molecule has 4 heterocycles. The Morgan fingerprint density at radius 3 is 1.61 bits per heavy atom. The summed E-state index contributed by atoms with van der Waals surface area (Å²) in [5, 5.41) is 11.8. The van der Waals surface area contributed by atoms with Gasteiger partial charge in [0.1, 0.15) is 6.07 Å². The number of halogens is 2. The second kappa shape index (κ2) is 17.1. The Morgan fingerprint density at radius 1 is 0.647 bits per heavy atom. The number of hydrogen-bond acceptors (Lipinski definition) is 11. The van der Waals surface area contributed by atoms with Gasteiger partial charge in [0.05, 0.1) is 64.7 Å². The molecule has 6 rings (SSSR count). The van der Waals surface area contributed by atoms with Gasteiger partial charge in [0.15, 0.2) is 0 Å². The predicted molar refractivity (Wildman–Crippen MR) is 193 cm³/mol. The smallest absolute Gasteiger partial charge is 0.340 e. The van der Waals surface area contributed by atoms with Crippen molar-refractivity contribution in [1.82, 2.24) is 19.9 Å². The summed E-state index contributed by atoms with van der Waals surface area (Å²) in [4.78, 5) is 52.4. The van der Waals surface area contributed by atoms with Gasteiger partial charge < -0.3 is 14.2 Å². The van der Waals surface area contributed by atoms with Crippen molar-refractivity contribution in [3.8, 4) is 6.07 Å². The van der Waals surface area contributed by atoms with Crippen LogP contribution in [0, 0.1) is 11.3 Å². The molecule has 6 aromatic rings. The lowest BCUT2D eigenvalue weighted by molar-refractivity contribution is 0.0591. The summed E-state index contributed by atoms with van der Waals surface area (Å²) in [6.45, 7) is 0.